The molecule has 2 aromatic carbocycles. The SMILES string of the molecule is COC(=O)C(Cl)CNC(=O)c1cccc2ccccc12. The largest absolute Gasteiger partial charge is 0.468 e. The van der Waals surface area contributed by atoms with Gasteiger partial charge in [-0.15, -0.1) is 11.6 Å². The summed E-state index contributed by atoms with van der Waals surface area (Å²) in [7, 11) is 1.25. The van der Waals surface area contributed by atoms with Gasteiger partial charge in [0.25, 0.3) is 5.91 Å². The van der Waals surface area contributed by atoms with Crippen molar-refractivity contribution in [2.45, 2.75) is 5.38 Å². The Labute approximate surface area is 121 Å². The normalized spacial score (nSPS) is 11.9. The quantitative estimate of drug-likeness (QED) is 0.695. The highest BCUT2D eigenvalue weighted by atomic mass is 35.5. The van der Waals surface area contributed by atoms with Crippen LogP contribution in [0.25, 0.3) is 10.8 Å². The Balaban J connectivity index is 2.14. The smallest absolute Gasteiger partial charge is 0.325 e. The predicted octanol–water partition coefficient (Wildman–Crippen LogP) is 2.35. The van der Waals surface area contributed by atoms with E-state index < -0.39 is 11.3 Å². The lowest BCUT2D eigenvalue weighted by atomic mass is 10.0. The average Bonchev–Trinajstić information content (AvgIpc) is 2.50. The first-order chi connectivity index (χ1) is 9.63. The van der Waals surface area contributed by atoms with Crippen molar-refractivity contribution >= 4 is 34.2 Å². The highest BCUT2D eigenvalue weighted by molar-refractivity contribution is 6.30. The van der Waals surface area contributed by atoms with E-state index in [0.29, 0.717) is 5.56 Å². The van der Waals surface area contributed by atoms with E-state index in [9.17, 15) is 9.59 Å². The lowest BCUT2D eigenvalue weighted by Gasteiger charge is -2.10. The number of halogens is 1. The first-order valence-electron chi connectivity index (χ1n) is 6.11. The van der Waals surface area contributed by atoms with E-state index in [1.807, 2.05) is 36.4 Å². The molecule has 0 radical (unpaired) electrons. The van der Waals surface area contributed by atoms with Crippen molar-refractivity contribution in [1.29, 1.82) is 0 Å². The van der Waals surface area contributed by atoms with Gasteiger partial charge in [0, 0.05) is 12.1 Å². The molecule has 0 fully saturated rings. The zero-order valence-electron chi connectivity index (χ0n) is 10.9. The Kier molecular flexibility index (Phi) is 4.58. The Bertz CT molecular complexity index is 637. The minimum Gasteiger partial charge on any atom is -0.468 e. The van der Waals surface area contributed by atoms with E-state index in [2.05, 4.69) is 10.1 Å². The molecule has 2 rings (SSSR count). The van der Waals surface area contributed by atoms with Crippen molar-refractivity contribution < 1.29 is 14.3 Å². The topological polar surface area (TPSA) is 55.4 Å². The van der Waals surface area contributed by atoms with Crippen molar-refractivity contribution in [2.24, 2.45) is 0 Å². The number of nitrogens with one attached hydrogen (secondary N) is 1. The summed E-state index contributed by atoms with van der Waals surface area (Å²) in [6.45, 7) is 0.0241. The molecule has 0 aliphatic heterocycles. The number of benzene rings is 2. The summed E-state index contributed by atoms with van der Waals surface area (Å²) in [6.07, 6.45) is 0. The number of amides is 1. The fourth-order valence-corrected chi connectivity index (χ4v) is 2.08. The molecular formula is C15H14ClNO3. The van der Waals surface area contributed by atoms with Crippen molar-refractivity contribution in [3.05, 3.63) is 48.0 Å². The molecule has 1 amide bonds. The molecule has 4 nitrogen and oxygen atoms in total. The molecule has 0 aliphatic rings. The van der Waals surface area contributed by atoms with Crippen LogP contribution in [0.5, 0.6) is 0 Å². The van der Waals surface area contributed by atoms with E-state index in [1.54, 1.807) is 6.07 Å². The number of rotatable bonds is 4. The van der Waals surface area contributed by atoms with Crippen LogP contribution in [0.4, 0.5) is 0 Å². The van der Waals surface area contributed by atoms with Gasteiger partial charge in [-0.3, -0.25) is 9.59 Å². The Hall–Kier alpha value is -2.07. The predicted molar refractivity (Wildman–Crippen MR) is 77.9 cm³/mol. The van der Waals surface area contributed by atoms with Crippen LogP contribution in [0, 0.1) is 0 Å². The van der Waals surface area contributed by atoms with Crippen molar-refractivity contribution in [3.8, 4) is 0 Å². The number of fused-ring (bicyclic) bond motifs is 1. The van der Waals surface area contributed by atoms with E-state index in [-0.39, 0.29) is 12.5 Å². The van der Waals surface area contributed by atoms with Gasteiger partial charge in [-0.1, -0.05) is 36.4 Å². The number of esters is 1. The summed E-state index contributed by atoms with van der Waals surface area (Å²) >= 11 is 5.79. The van der Waals surface area contributed by atoms with Crippen molar-refractivity contribution in [1.82, 2.24) is 5.32 Å². The van der Waals surface area contributed by atoms with E-state index >= 15 is 0 Å². The van der Waals surface area contributed by atoms with Crippen LogP contribution >= 0.6 is 11.6 Å². The highest BCUT2D eigenvalue weighted by Gasteiger charge is 2.17. The van der Waals surface area contributed by atoms with Crippen LogP contribution in [0.3, 0.4) is 0 Å². The molecule has 5 heteroatoms. The summed E-state index contributed by atoms with van der Waals surface area (Å²) in [5.74, 6) is -0.832. The van der Waals surface area contributed by atoms with Gasteiger partial charge in [-0.05, 0) is 16.8 Å². The number of carbonyl (C=O) groups is 2. The van der Waals surface area contributed by atoms with Gasteiger partial charge in [-0.25, -0.2) is 0 Å². The maximum atomic E-state index is 12.2. The minimum absolute atomic E-state index is 0.0241. The number of methoxy groups -OCH3 is 1. The fourth-order valence-electron chi connectivity index (χ4n) is 1.91. The Morgan fingerprint density at radius 2 is 1.90 bits per heavy atom. The second-order valence-electron chi connectivity index (χ2n) is 4.23. The number of hydrogen-bond donors (Lipinski definition) is 1. The standard InChI is InChI=1S/C15H14ClNO3/c1-20-15(19)13(16)9-17-14(18)12-8-4-6-10-5-2-3-7-11(10)12/h2-8,13H,9H2,1H3,(H,17,18). The monoisotopic (exact) mass is 291 g/mol. The maximum absolute atomic E-state index is 12.2. The summed E-state index contributed by atoms with van der Waals surface area (Å²) < 4.78 is 4.50. The second-order valence-corrected chi connectivity index (χ2v) is 4.75. The number of alkyl halides is 1. The minimum atomic E-state index is -0.890. The fraction of sp³-hybridized carbons (Fsp3) is 0.200. The molecule has 0 aromatic heterocycles. The third-order valence-corrected chi connectivity index (χ3v) is 3.27. The molecule has 104 valence electrons. The molecule has 0 saturated carbocycles. The second kappa shape index (κ2) is 6.39. The lowest BCUT2D eigenvalue weighted by molar-refractivity contribution is -0.140. The van der Waals surface area contributed by atoms with Crippen LogP contribution in [-0.2, 0) is 9.53 Å². The van der Waals surface area contributed by atoms with Gasteiger partial charge in [0.2, 0.25) is 0 Å². The summed E-state index contributed by atoms with van der Waals surface area (Å²) in [6, 6.07) is 13.1. The first-order valence-corrected chi connectivity index (χ1v) is 6.55. The first kappa shape index (κ1) is 14.3. The number of hydrogen-bond acceptors (Lipinski definition) is 3. The van der Waals surface area contributed by atoms with Gasteiger partial charge in [-0.2, -0.15) is 0 Å². The Morgan fingerprint density at radius 3 is 2.65 bits per heavy atom. The van der Waals surface area contributed by atoms with Crippen molar-refractivity contribution in [2.75, 3.05) is 13.7 Å². The molecule has 0 heterocycles. The summed E-state index contributed by atoms with van der Waals surface area (Å²) in [5, 5.41) is 3.58. The van der Waals surface area contributed by atoms with Crippen LogP contribution < -0.4 is 5.32 Å². The molecule has 1 N–H and O–H groups in total. The molecular weight excluding hydrogens is 278 g/mol. The average molecular weight is 292 g/mol. The third kappa shape index (κ3) is 3.08. The zero-order valence-corrected chi connectivity index (χ0v) is 11.7. The number of ether oxygens (including phenoxy) is 1. The number of carbonyl (C=O) groups excluding carboxylic acids is 2. The van der Waals surface area contributed by atoms with Gasteiger partial charge >= 0.3 is 5.97 Å². The van der Waals surface area contributed by atoms with Gasteiger partial charge in [0.15, 0.2) is 0 Å². The molecule has 0 saturated heterocycles. The van der Waals surface area contributed by atoms with Gasteiger partial charge in [0.05, 0.1) is 7.11 Å². The highest BCUT2D eigenvalue weighted by Crippen LogP contribution is 2.18. The molecule has 1 unspecified atom stereocenters. The molecule has 0 bridgehead atoms. The Morgan fingerprint density at radius 1 is 1.20 bits per heavy atom. The van der Waals surface area contributed by atoms with Crippen molar-refractivity contribution in [3.63, 3.8) is 0 Å². The molecule has 0 aliphatic carbocycles. The van der Waals surface area contributed by atoms with E-state index in [4.69, 9.17) is 11.6 Å². The van der Waals surface area contributed by atoms with Gasteiger partial charge < -0.3 is 10.1 Å². The zero-order chi connectivity index (χ0) is 14.5. The third-order valence-electron chi connectivity index (χ3n) is 2.93. The molecule has 0 spiro atoms. The summed E-state index contributed by atoms with van der Waals surface area (Å²) in [4.78, 5) is 23.3. The lowest BCUT2D eigenvalue weighted by Crippen LogP contribution is -2.34. The van der Waals surface area contributed by atoms with Gasteiger partial charge in [0.1, 0.15) is 5.38 Å². The molecule has 1 atom stereocenters. The summed E-state index contributed by atoms with van der Waals surface area (Å²) in [5.41, 5.74) is 0.553. The molecule has 20 heavy (non-hydrogen) atoms. The molecule has 2 aromatic rings. The van der Waals surface area contributed by atoms with E-state index in [1.165, 1.54) is 7.11 Å². The van der Waals surface area contributed by atoms with Crippen LogP contribution in [0.2, 0.25) is 0 Å². The van der Waals surface area contributed by atoms with Crippen LogP contribution in [0.15, 0.2) is 42.5 Å². The van der Waals surface area contributed by atoms with E-state index in [0.717, 1.165) is 10.8 Å². The maximum Gasteiger partial charge on any atom is 0.325 e. The van der Waals surface area contributed by atoms with Crippen LogP contribution in [0.1, 0.15) is 10.4 Å². The van der Waals surface area contributed by atoms with Crippen LogP contribution in [-0.4, -0.2) is 30.9 Å².